The molecule has 1 aromatic heterocycles. The van der Waals surface area contributed by atoms with E-state index in [4.69, 9.17) is 16.9 Å². The molecular formula is C16H10ClN3O. The normalized spacial score (nSPS) is 10.5. The van der Waals surface area contributed by atoms with Gasteiger partial charge in [-0.05, 0) is 24.3 Å². The van der Waals surface area contributed by atoms with Gasteiger partial charge in [-0.1, -0.05) is 35.9 Å². The molecule has 3 aromatic rings. The van der Waals surface area contributed by atoms with Crippen LogP contribution in [0.1, 0.15) is 16.2 Å². The van der Waals surface area contributed by atoms with Gasteiger partial charge in [0, 0.05) is 0 Å². The Morgan fingerprint density at radius 3 is 2.67 bits per heavy atom. The molecule has 0 spiro atoms. The van der Waals surface area contributed by atoms with Crippen LogP contribution in [0.2, 0.25) is 5.02 Å². The Bertz CT molecular complexity index is 877. The summed E-state index contributed by atoms with van der Waals surface area (Å²) in [6, 6.07) is 16.2. The molecule has 0 radical (unpaired) electrons. The van der Waals surface area contributed by atoms with E-state index < -0.39 is 0 Å². The molecule has 0 amide bonds. The molecule has 1 heterocycles. The van der Waals surface area contributed by atoms with Crippen LogP contribution in [0, 0.1) is 11.3 Å². The summed E-state index contributed by atoms with van der Waals surface area (Å²) in [5.74, 6) is 0.142. The van der Waals surface area contributed by atoms with E-state index in [1.54, 1.807) is 30.3 Å². The number of benzene rings is 2. The van der Waals surface area contributed by atoms with Gasteiger partial charge in [-0.15, -0.1) is 0 Å². The fraction of sp³-hybridized carbons (Fsp3) is 0.0625. The molecule has 21 heavy (non-hydrogen) atoms. The Labute approximate surface area is 126 Å². The van der Waals surface area contributed by atoms with Crippen molar-refractivity contribution in [3.8, 4) is 6.07 Å². The van der Waals surface area contributed by atoms with Crippen LogP contribution in [-0.2, 0) is 6.42 Å². The summed E-state index contributed by atoms with van der Waals surface area (Å²) in [4.78, 5) is 17.1. The highest BCUT2D eigenvalue weighted by molar-refractivity contribution is 6.34. The minimum absolute atomic E-state index is 0.0604. The van der Waals surface area contributed by atoms with Crippen LogP contribution in [0.4, 0.5) is 0 Å². The van der Waals surface area contributed by atoms with Crippen molar-refractivity contribution < 1.29 is 4.79 Å². The van der Waals surface area contributed by atoms with E-state index in [2.05, 4.69) is 4.98 Å². The minimum atomic E-state index is -0.278. The zero-order valence-electron chi connectivity index (χ0n) is 11.0. The highest BCUT2D eigenvalue weighted by Crippen LogP contribution is 2.22. The van der Waals surface area contributed by atoms with E-state index in [-0.39, 0.29) is 12.3 Å². The second-order valence-electron chi connectivity index (χ2n) is 4.47. The summed E-state index contributed by atoms with van der Waals surface area (Å²) in [6.45, 7) is 0. The maximum Gasteiger partial charge on any atom is 0.265 e. The largest absolute Gasteiger partial charge is 0.268 e. The first-order valence-electron chi connectivity index (χ1n) is 6.35. The lowest BCUT2D eigenvalue weighted by molar-refractivity contribution is 0.0962. The third-order valence-corrected chi connectivity index (χ3v) is 3.50. The minimum Gasteiger partial charge on any atom is -0.268 e. The van der Waals surface area contributed by atoms with Gasteiger partial charge in [-0.25, -0.2) is 4.98 Å². The molecule has 5 heteroatoms. The number of nitrogens with zero attached hydrogens (tertiary/aromatic N) is 3. The van der Waals surface area contributed by atoms with Gasteiger partial charge < -0.3 is 0 Å². The van der Waals surface area contributed by atoms with Crippen molar-refractivity contribution >= 4 is 28.5 Å². The number of para-hydroxylation sites is 2. The number of hydrogen-bond donors (Lipinski definition) is 0. The molecule has 0 atom stereocenters. The number of rotatable bonds is 2. The first kappa shape index (κ1) is 13.3. The molecule has 2 aromatic carbocycles. The molecule has 0 saturated carbocycles. The molecule has 0 aliphatic rings. The Morgan fingerprint density at radius 1 is 1.19 bits per heavy atom. The summed E-state index contributed by atoms with van der Waals surface area (Å²) < 4.78 is 1.46. The summed E-state index contributed by atoms with van der Waals surface area (Å²) >= 11 is 6.10. The van der Waals surface area contributed by atoms with Gasteiger partial charge in [0.15, 0.2) is 0 Å². The molecule has 0 aliphatic heterocycles. The molecule has 102 valence electrons. The van der Waals surface area contributed by atoms with Crippen molar-refractivity contribution in [3.63, 3.8) is 0 Å². The summed E-state index contributed by atoms with van der Waals surface area (Å²) in [6.07, 6.45) is 0.0604. The standard InChI is InChI=1S/C16H10ClN3O/c17-12-6-2-1-5-11(12)16(21)20-14-8-4-3-7-13(14)19-15(20)9-10-18/h1-8H,9H2. The summed E-state index contributed by atoms with van der Waals surface area (Å²) in [7, 11) is 0. The molecule has 0 N–H and O–H groups in total. The number of nitriles is 1. The zero-order valence-corrected chi connectivity index (χ0v) is 11.7. The van der Waals surface area contributed by atoms with E-state index in [0.29, 0.717) is 27.4 Å². The number of hydrogen-bond acceptors (Lipinski definition) is 3. The Morgan fingerprint density at radius 2 is 1.90 bits per heavy atom. The first-order valence-corrected chi connectivity index (χ1v) is 6.72. The number of carbonyl (C=O) groups is 1. The van der Waals surface area contributed by atoms with Crippen LogP contribution in [0.25, 0.3) is 11.0 Å². The fourth-order valence-corrected chi connectivity index (χ4v) is 2.46. The third-order valence-electron chi connectivity index (χ3n) is 3.17. The monoisotopic (exact) mass is 295 g/mol. The van der Waals surface area contributed by atoms with Gasteiger partial charge >= 0.3 is 0 Å². The van der Waals surface area contributed by atoms with Crippen LogP contribution in [0.5, 0.6) is 0 Å². The van der Waals surface area contributed by atoms with Crippen LogP contribution >= 0.6 is 11.6 Å². The molecule has 0 unspecified atom stereocenters. The average Bonchev–Trinajstić information content (AvgIpc) is 2.85. The number of carbonyl (C=O) groups excluding carboxylic acids is 1. The van der Waals surface area contributed by atoms with Crippen molar-refractivity contribution in [2.24, 2.45) is 0 Å². The molecule has 0 saturated heterocycles. The van der Waals surface area contributed by atoms with Gasteiger partial charge in [0.2, 0.25) is 0 Å². The molecule has 0 bridgehead atoms. The maximum atomic E-state index is 12.8. The van der Waals surface area contributed by atoms with Gasteiger partial charge in [0.1, 0.15) is 5.82 Å². The SMILES string of the molecule is N#CCc1nc2ccccc2n1C(=O)c1ccccc1Cl. The molecule has 0 aliphatic carbocycles. The van der Waals surface area contributed by atoms with Crippen molar-refractivity contribution in [1.29, 1.82) is 5.26 Å². The predicted octanol–water partition coefficient (Wildman–Crippen LogP) is 3.44. The van der Waals surface area contributed by atoms with Crippen molar-refractivity contribution in [1.82, 2.24) is 9.55 Å². The van der Waals surface area contributed by atoms with Crippen LogP contribution in [-0.4, -0.2) is 15.5 Å². The van der Waals surface area contributed by atoms with Crippen molar-refractivity contribution in [3.05, 3.63) is 64.9 Å². The average molecular weight is 296 g/mol. The predicted molar refractivity (Wildman–Crippen MR) is 80.2 cm³/mol. The molecule has 4 nitrogen and oxygen atoms in total. The summed E-state index contributed by atoms with van der Waals surface area (Å²) in [5.41, 5.74) is 1.75. The lowest BCUT2D eigenvalue weighted by Gasteiger charge is -2.07. The van der Waals surface area contributed by atoms with Crippen molar-refractivity contribution in [2.75, 3.05) is 0 Å². The second-order valence-corrected chi connectivity index (χ2v) is 4.88. The van der Waals surface area contributed by atoms with Gasteiger partial charge in [0.25, 0.3) is 5.91 Å². The molecule has 3 rings (SSSR count). The number of fused-ring (bicyclic) bond motifs is 1. The van der Waals surface area contributed by atoms with Gasteiger partial charge in [-0.2, -0.15) is 5.26 Å². The smallest absolute Gasteiger partial charge is 0.265 e. The van der Waals surface area contributed by atoms with Gasteiger partial charge in [0.05, 0.1) is 34.1 Å². The second kappa shape index (κ2) is 5.39. The highest BCUT2D eigenvalue weighted by Gasteiger charge is 2.19. The van der Waals surface area contributed by atoms with E-state index in [1.807, 2.05) is 24.3 Å². The summed E-state index contributed by atoms with van der Waals surface area (Å²) in [5, 5.41) is 9.31. The quantitative estimate of drug-likeness (QED) is 0.727. The zero-order chi connectivity index (χ0) is 14.8. The van der Waals surface area contributed by atoms with Crippen LogP contribution in [0.3, 0.4) is 0 Å². The Balaban J connectivity index is 2.24. The molecular weight excluding hydrogens is 286 g/mol. The third kappa shape index (κ3) is 2.28. The topological polar surface area (TPSA) is 58.7 Å². The number of imidazole rings is 1. The Hall–Kier alpha value is -2.64. The van der Waals surface area contributed by atoms with Crippen molar-refractivity contribution in [2.45, 2.75) is 6.42 Å². The van der Waals surface area contributed by atoms with Crippen LogP contribution < -0.4 is 0 Å². The van der Waals surface area contributed by atoms with E-state index >= 15 is 0 Å². The van der Waals surface area contributed by atoms with E-state index in [1.165, 1.54) is 4.57 Å². The van der Waals surface area contributed by atoms with E-state index in [0.717, 1.165) is 0 Å². The highest BCUT2D eigenvalue weighted by atomic mass is 35.5. The number of aromatic nitrogens is 2. The molecule has 0 fully saturated rings. The van der Waals surface area contributed by atoms with Crippen LogP contribution in [0.15, 0.2) is 48.5 Å². The lowest BCUT2D eigenvalue weighted by Crippen LogP contribution is -2.15. The maximum absolute atomic E-state index is 12.8. The van der Waals surface area contributed by atoms with Gasteiger partial charge in [-0.3, -0.25) is 9.36 Å². The Kier molecular flexibility index (Phi) is 3.43. The first-order chi connectivity index (χ1) is 10.2. The fourth-order valence-electron chi connectivity index (χ4n) is 2.25. The number of halogens is 1. The lowest BCUT2D eigenvalue weighted by atomic mass is 10.2. The van der Waals surface area contributed by atoms with E-state index in [9.17, 15) is 4.79 Å².